The van der Waals surface area contributed by atoms with Crippen LogP contribution < -0.4 is 10.6 Å². The van der Waals surface area contributed by atoms with Crippen molar-refractivity contribution in [2.45, 2.75) is 139 Å². The van der Waals surface area contributed by atoms with Gasteiger partial charge in [-0.1, -0.05) is 48.5 Å². The number of aromatic amines is 2. The third kappa shape index (κ3) is 9.63. The monoisotopic (exact) mass is 931 g/mol. The molecule has 6 aliphatic rings. The number of H-pyrrole nitrogens is 2. The number of carbonyl (C=O) groups is 4. The van der Waals surface area contributed by atoms with E-state index in [9.17, 15) is 19.2 Å². The number of alkyl carbamates (subject to hydrolysis) is 2. The minimum Gasteiger partial charge on any atom is -0.453 e. The Morgan fingerprint density at radius 1 is 0.574 bits per heavy atom. The summed E-state index contributed by atoms with van der Waals surface area (Å²) in [5.74, 6) is 2.30. The van der Waals surface area contributed by atoms with Crippen LogP contribution >= 0.6 is 0 Å². The minimum atomic E-state index is -0.702. The number of ether oxygens (including phenoxy) is 4. The Morgan fingerprint density at radius 3 is 1.32 bits per heavy atom. The third-order valence-electron chi connectivity index (χ3n) is 15.8. The summed E-state index contributed by atoms with van der Waals surface area (Å²) in [6.07, 6.45) is 13.5. The van der Waals surface area contributed by atoms with Crippen LogP contribution in [0.25, 0.3) is 33.6 Å². The molecule has 2 aliphatic carbocycles. The first-order valence-electron chi connectivity index (χ1n) is 24.9. The van der Waals surface area contributed by atoms with Crippen LogP contribution in [0.5, 0.6) is 0 Å². The molecule has 2 unspecified atom stereocenters. The number of amides is 4. The first-order valence-corrected chi connectivity index (χ1v) is 24.9. The number of benzene rings is 2. The van der Waals surface area contributed by atoms with E-state index in [2.05, 4.69) is 83.0 Å². The highest BCUT2D eigenvalue weighted by Crippen LogP contribution is 2.44. The Labute approximate surface area is 398 Å². The number of rotatable bonds is 13. The Kier molecular flexibility index (Phi) is 13.3. The van der Waals surface area contributed by atoms with Gasteiger partial charge in [0.05, 0.1) is 62.3 Å². The van der Waals surface area contributed by atoms with E-state index in [-0.39, 0.29) is 60.0 Å². The van der Waals surface area contributed by atoms with Gasteiger partial charge in [-0.25, -0.2) is 19.6 Å². The molecule has 10 atom stereocenters. The van der Waals surface area contributed by atoms with E-state index in [4.69, 9.17) is 28.9 Å². The Bertz CT molecular complexity index is 2260. The van der Waals surface area contributed by atoms with Crippen molar-refractivity contribution in [2.24, 2.45) is 23.7 Å². The maximum Gasteiger partial charge on any atom is 0.407 e. The minimum absolute atomic E-state index is 0.0153. The lowest BCUT2D eigenvalue weighted by Gasteiger charge is -2.38. The van der Waals surface area contributed by atoms with Gasteiger partial charge in [0, 0.05) is 25.3 Å². The lowest BCUT2D eigenvalue weighted by molar-refractivity contribution is -0.140. The number of nitrogens with zero attached hydrogens (tertiary/aromatic N) is 4. The molecule has 4 saturated heterocycles. The highest BCUT2D eigenvalue weighted by Gasteiger charge is 2.47. The van der Waals surface area contributed by atoms with Crippen LogP contribution in [0, 0.1) is 23.7 Å². The van der Waals surface area contributed by atoms with Crippen LogP contribution in [0.2, 0.25) is 0 Å². The molecule has 2 aromatic heterocycles. The number of likely N-dealkylation sites (tertiary alicyclic amines) is 2. The van der Waals surface area contributed by atoms with Crippen molar-refractivity contribution >= 4 is 24.0 Å². The zero-order valence-electron chi connectivity index (χ0n) is 39.7. The summed E-state index contributed by atoms with van der Waals surface area (Å²) in [7, 11) is 2.66. The van der Waals surface area contributed by atoms with Crippen LogP contribution in [0.4, 0.5) is 9.59 Å². The van der Waals surface area contributed by atoms with Gasteiger partial charge < -0.3 is 49.3 Å². The normalized spacial score (nSPS) is 28.2. The number of aromatic nitrogens is 4. The van der Waals surface area contributed by atoms with E-state index in [1.54, 1.807) is 0 Å². The molecule has 0 spiro atoms. The van der Waals surface area contributed by atoms with Gasteiger partial charge in [-0.15, -0.1) is 0 Å². The summed E-state index contributed by atoms with van der Waals surface area (Å²) in [4.78, 5) is 74.7. The van der Waals surface area contributed by atoms with Crippen LogP contribution in [-0.4, -0.2) is 118 Å². The van der Waals surface area contributed by atoms with Gasteiger partial charge in [-0.05, 0) is 137 Å². The molecule has 362 valence electrons. The summed E-state index contributed by atoms with van der Waals surface area (Å²) in [6.45, 7) is 5.31. The van der Waals surface area contributed by atoms with Gasteiger partial charge in [-0.2, -0.15) is 0 Å². The van der Waals surface area contributed by atoms with Crippen molar-refractivity contribution < 1.29 is 38.1 Å². The van der Waals surface area contributed by atoms with E-state index in [1.165, 1.54) is 14.2 Å². The molecule has 2 aromatic carbocycles. The van der Waals surface area contributed by atoms with Gasteiger partial charge >= 0.3 is 12.2 Å². The predicted molar refractivity (Wildman–Crippen MR) is 253 cm³/mol. The largest absolute Gasteiger partial charge is 0.453 e. The number of methoxy groups -OCH3 is 2. The Morgan fingerprint density at radius 2 is 0.956 bits per heavy atom. The zero-order valence-corrected chi connectivity index (χ0v) is 39.7. The van der Waals surface area contributed by atoms with E-state index in [0.717, 1.165) is 109 Å². The van der Waals surface area contributed by atoms with Crippen LogP contribution in [0.1, 0.15) is 115 Å². The summed E-state index contributed by atoms with van der Waals surface area (Å²) >= 11 is 0. The average molecular weight is 931 g/mol. The fourth-order valence-electron chi connectivity index (χ4n) is 11.6. The molecule has 16 nitrogen and oxygen atoms in total. The van der Waals surface area contributed by atoms with Gasteiger partial charge in [-0.3, -0.25) is 9.59 Å². The second kappa shape index (κ2) is 19.7. The zero-order chi connectivity index (χ0) is 47.1. The number of nitrogens with one attached hydrogen (secondary N) is 4. The molecule has 0 bridgehead atoms. The summed E-state index contributed by atoms with van der Waals surface area (Å²) in [6, 6.07) is 14.8. The molecule has 6 fully saturated rings. The first kappa shape index (κ1) is 46.0. The van der Waals surface area contributed by atoms with Crippen molar-refractivity contribution in [3.8, 4) is 33.6 Å². The summed E-state index contributed by atoms with van der Waals surface area (Å²) in [5.41, 5.74) is 5.81. The fraction of sp³-hybridized carbons (Fsp3) is 0.577. The number of hydrogen-bond donors (Lipinski definition) is 4. The van der Waals surface area contributed by atoms with E-state index >= 15 is 0 Å². The molecule has 4 N–H and O–H groups in total. The molecule has 4 aliphatic heterocycles. The van der Waals surface area contributed by atoms with Crippen molar-refractivity contribution in [1.29, 1.82) is 0 Å². The second-order valence-corrected chi connectivity index (χ2v) is 20.2. The lowest BCUT2D eigenvalue weighted by atomic mass is 9.86. The molecule has 4 amide bonds. The maximum atomic E-state index is 14.5. The molecule has 4 aromatic rings. The third-order valence-corrected chi connectivity index (χ3v) is 15.8. The molecule has 6 heterocycles. The SMILES string of the molecule is COC(=O)N[C@H](C(=O)N1[C@@H](C)CC[C@H]1c1ncc(-c2ccc(-c3ccc(-c4cnc([C@@H]5CC[C@H](C)N5C(=O)[C@@H](NC(=O)OC)[C@@H]5CCOC(C6CC6)C5)[nH]4)cc3)cc2)[nH]1)[C@@H]1CCOC(C2CC2)C1. The summed E-state index contributed by atoms with van der Waals surface area (Å²) in [5, 5.41) is 5.83. The van der Waals surface area contributed by atoms with Gasteiger partial charge in [0.2, 0.25) is 11.8 Å². The Balaban J connectivity index is 0.797. The highest BCUT2D eigenvalue weighted by molar-refractivity contribution is 5.88. The van der Waals surface area contributed by atoms with E-state index < -0.39 is 24.3 Å². The van der Waals surface area contributed by atoms with Gasteiger partial charge in [0.25, 0.3) is 0 Å². The Hall–Kier alpha value is -5.74. The van der Waals surface area contributed by atoms with Crippen molar-refractivity contribution in [3.63, 3.8) is 0 Å². The van der Waals surface area contributed by atoms with Crippen LogP contribution in [0.15, 0.2) is 60.9 Å². The quantitative estimate of drug-likeness (QED) is 0.102. The van der Waals surface area contributed by atoms with Crippen molar-refractivity contribution in [1.82, 2.24) is 40.4 Å². The maximum absolute atomic E-state index is 14.5. The molecule has 2 saturated carbocycles. The van der Waals surface area contributed by atoms with E-state index in [1.807, 2.05) is 22.2 Å². The van der Waals surface area contributed by atoms with E-state index in [0.29, 0.717) is 37.9 Å². The van der Waals surface area contributed by atoms with Gasteiger partial charge in [0.1, 0.15) is 23.7 Å². The van der Waals surface area contributed by atoms with Crippen molar-refractivity contribution in [3.05, 3.63) is 72.6 Å². The summed E-state index contributed by atoms with van der Waals surface area (Å²) < 4.78 is 22.1. The second-order valence-electron chi connectivity index (χ2n) is 20.2. The highest BCUT2D eigenvalue weighted by atomic mass is 16.5. The fourth-order valence-corrected chi connectivity index (χ4v) is 11.6. The molecular weight excluding hydrogens is 865 g/mol. The van der Waals surface area contributed by atoms with Crippen LogP contribution in [-0.2, 0) is 28.5 Å². The number of carbonyl (C=O) groups excluding carboxylic acids is 4. The standard InChI is InChI=1S/C52H66N8O8/c1-29-5-19-41(59(29)49(61)45(57-51(63)65-3)37-21-23-67-43(25-37)35-15-16-35)47-53-27-39(55-47)33-11-7-31(8-12-33)32-9-13-34(14-10-32)40-28-54-48(56-40)42-20-6-30(2)60(42)50(62)46(58-52(64)66-4)38-22-24-68-44(26-38)36-17-18-36/h7-14,27-30,35-38,41-46H,5-6,15-26H2,1-4H3,(H,53,55)(H,54,56)(H,57,63)(H,58,64)/t29-,30-,37+,38+,41-,42-,43?,44?,45-,46-/m0/s1. The smallest absolute Gasteiger partial charge is 0.407 e. The molecule has 0 radical (unpaired) electrons. The number of imidazole rings is 2. The predicted octanol–water partition coefficient (Wildman–Crippen LogP) is 8.10. The molecule has 10 rings (SSSR count). The molecule has 16 heteroatoms. The van der Waals surface area contributed by atoms with Crippen molar-refractivity contribution in [2.75, 3.05) is 27.4 Å². The molecule has 68 heavy (non-hydrogen) atoms. The average Bonchev–Trinajstić information content (AvgIpc) is 4.21. The molecular formula is C52H66N8O8. The topological polar surface area (TPSA) is 193 Å². The first-order chi connectivity index (χ1) is 33.1. The lowest BCUT2D eigenvalue weighted by Crippen LogP contribution is -2.55. The van der Waals surface area contributed by atoms with Crippen LogP contribution in [0.3, 0.4) is 0 Å². The number of hydrogen-bond acceptors (Lipinski definition) is 10. The van der Waals surface area contributed by atoms with Gasteiger partial charge in [0.15, 0.2) is 0 Å².